The molecule has 0 amide bonds. The Morgan fingerprint density at radius 3 is 2.42 bits per heavy atom. The number of fused-ring (bicyclic) bond motifs is 4. The van der Waals surface area contributed by atoms with Crippen LogP contribution in [-0.2, 0) is 5.41 Å². The lowest BCUT2D eigenvalue weighted by Gasteiger charge is -2.36. The van der Waals surface area contributed by atoms with E-state index in [9.17, 15) is 0 Å². The zero-order valence-corrected chi connectivity index (χ0v) is 29.2. The highest BCUT2D eigenvalue weighted by Crippen LogP contribution is 2.50. The van der Waals surface area contributed by atoms with Gasteiger partial charge in [-0.15, -0.1) is 0 Å². The second-order valence-electron chi connectivity index (χ2n) is 12.7. The molecule has 1 heterocycles. The second-order valence-corrected chi connectivity index (χ2v) is 12.7. The Morgan fingerprint density at radius 2 is 1.67 bits per heavy atom. The standard InChI is InChI=1S/C37H42N2.C3H8.H3P/c1-36(2,34-29-19-14-12-17-27(29)22-24-31(34)38-5)26-16-10-8-7-9-11-21-33-37(3,4)35-30-20-15-13-18-28(30)23-25-32(35)39(33)6;1-3-2;/h7-21,23-25,27,38H,22,26H2,1-6H3;3H2,1-2H3;1H3/b8-7+,11-9+,16-10+,33-21+;;. The van der Waals surface area contributed by atoms with Crippen molar-refractivity contribution in [3.63, 3.8) is 0 Å². The molecule has 2 atom stereocenters. The molecule has 0 saturated heterocycles. The molecule has 0 saturated carbocycles. The number of nitrogens with zero attached hydrogens (tertiary/aromatic N) is 1. The van der Waals surface area contributed by atoms with Gasteiger partial charge in [0.2, 0.25) is 0 Å². The zero-order valence-electron chi connectivity index (χ0n) is 27.7. The van der Waals surface area contributed by atoms with Crippen molar-refractivity contribution in [1.29, 1.82) is 0 Å². The Bertz CT molecular complexity index is 1520. The highest BCUT2D eigenvalue weighted by molar-refractivity contribution is 6.92. The summed E-state index contributed by atoms with van der Waals surface area (Å²) >= 11 is 0. The molecule has 43 heavy (non-hydrogen) atoms. The van der Waals surface area contributed by atoms with Crippen molar-refractivity contribution in [2.75, 3.05) is 19.0 Å². The average molecular weight is 593 g/mol. The van der Waals surface area contributed by atoms with Crippen LogP contribution in [0.1, 0.15) is 66.4 Å². The maximum atomic E-state index is 3.45. The van der Waals surface area contributed by atoms with E-state index in [1.54, 1.807) is 0 Å². The van der Waals surface area contributed by atoms with Crippen LogP contribution >= 0.6 is 9.90 Å². The van der Waals surface area contributed by atoms with E-state index in [1.807, 2.05) is 7.05 Å². The van der Waals surface area contributed by atoms with Crippen molar-refractivity contribution in [2.45, 2.75) is 66.2 Å². The van der Waals surface area contributed by atoms with Crippen LogP contribution in [0.5, 0.6) is 0 Å². The summed E-state index contributed by atoms with van der Waals surface area (Å²) in [7, 11) is 4.22. The number of benzene rings is 2. The topological polar surface area (TPSA) is 15.3 Å². The fraction of sp³-hybridized carbons (Fsp3) is 0.350. The molecule has 0 spiro atoms. The Morgan fingerprint density at radius 1 is 0.977 bits per heavy atom. The summed E-state index contributed by atoms with van der Waals surface area (Å²) in [5.74, 6) is 0.500. The van der Waals surface area contributed by atoms with Crippen molar-refractivity contribution in [2.24, 2.45) is 11.3 Å². The number of hydrogen-bond donors (Lipinski definition) is 1. The number of hydrogen-bond acceptors (Lipinski definition) is 2. The molecule has 3 heteroatoms. The first-order chi connectivity index (χ1) is 20.2. The van der Waals surface area contributed by atoms with Crippen molar-refractivity contribution in [3.05, 3.63) is 137 Å². The van der Waals surface area contributed by atoms with Crippen LogP contribution in [0.25, 0.3) is 10.8 Å². The molecule has 5 rings (SSSR count). The summed E-state index contributed by atoms with van der Waals surface area (Å²) in [6, 6.07) is 13.2. The Kier molecular flexibility index (Phi) is 11.8. The van der Waals surface area contributed by atoms with E-state index in [0.29, 0.717) is 5.92 Å². The van der Waals surface area contributed by atoms with Gasteiger partial charge in [-0.05, 0) is 57.9 Å². The largest absolute Gasteiger partial charge is 0.388 e. The van der Waals surface area contributed by atoms with Crippen molar-refractivity contribution < 1.29 is 0 Å². The summed E-state index contributed by atoms with van der Waals surface area (Å²) in [4.78, 5) is 2.34. The maximum absolute atomic E-state index is 3.45. The van der Waals surface area contributed by atoms with E-state index in [2.05, 4.69) is 168 Å². The third-order valence-corrected chi connectivity index (χ3v) is 8.57. The summed E-state index contributed by atoms with van der Waals surface area (Å²) < 4.78 is 0. The number of allylic oxidation sites excluding steroid dienone is 15. The van der Waals surface area contributed by atoms with Crippen LogP contribution in [0.4, 0.5) is 5.69 Å². The normalized spacial score (nSPS) is 20.0. The van der Waals surface area contributed by atoms with Crippen molar-refractivity contribution >= 4 is 26.4 Å². The minimum Gasteiger partial charge on any atom is -0.388 e. The van der Waals surface area contributed by atoms with Crippen LogP contribution in [0.3, 0.4) is 0 Å². The number of rotatable bonds is 7. The van der Waals surface area contributed by atoms with Gasteiger partial charge in [-0.3, -0.25) is 0 Å². The molecule has 2 aromatic carbocycles. The average Bonchev–Trinajstić information content (AvgIpc) is 3.18. The van der Waals surface area contributed by atoms with Gasteiger partial charge in [-0.1, -0.05) is 145 Å². The van der Waals surface area contributed by atoms with Gasteiger partial charge in [-0.25, -0.2) is 0 Å². The summed E-state index contributed by atoms with van der Waals surface area (Å²) in [6.45, 7) is 13.6. The number of anilines is 1. The Labute approximate surface area is 265 Å². The third kappa shape index (κ3) is 7.25. The first-order valence-corrected chi connectivity index (χ1v) is 15.6. The zero-order chi connectivity index (χ0) is 30.3. The number of likely N-dealkylation sites (N-methyl/N-ethyl adjacent to an activating group) is 2. The van der Waals surface area contributed by atoms with Gasteiger partial charge >= 0.3 is 0 Å². The maximum Gasteiger partial charge on any atom is 0.0454 e. The molecule has 0 aromatic heterocycles. The van der Waals surface area contributed by atoms with E-state index in [0.717, 1.165) is 12.8 Å². The predicted octanol–water partition coefficient (Wildman–Crippen LogP) is 10.6. The molecule has 1 N–H and O–H groups in total. The fourth-order valence-electron chi connectivity index (χ4n) is 6.62. The SMILES string of the molecule is CCC.CNC1=CCC2C=CC=CC2=C1C(C)(C)C/C=C/C=C/C=C/C=C1/N(C)c2ccc3ccccc3c2C1(C)C.P. The molecule has 0 bridgehead atoms. The predicted molar refractivity (Wildman–Crippen MR) is 197 cm³/mol. The van der Waals surface area contributed by atoms with Gasteiger partial charge < -0.3 is 10.2 Å². The highest BCUT2D eigenvalue weighted by Gasteiger charge is 2.39. The van der Waals surface area contributed by atoms with Crippen molar-refractivity contribution in [3.8, 4) is 0 Å². The first kappa shape index (κ1) is 34.1. The van der Waals surface area contributed by atoms with Gasteiger partial charge in [-0.2, -0.15) is 9.90 Å². The summed E-state index contributed by atoms with van der Waals surface area (Å²) in [5, 5.41) is 6.11. The molecular weight excluding hydrogens is 539 g/mol. The first-order valence-electron chi connectivity index (χ1n) is 15.6. The smallest absolute Gasteiger partial charge is 0.0454 e. The fourth-order valence-corrected chi connectivity index (χ4v) is 6.62. The molecular formula is C40H53N2P. The van der Waals surface area contributed by atoms with Crippen LogP contribution in [0.15, 0.2) is 132 Å². The lowest BCUT2D eigenvalue weighted by molar-refractivity contribution is 0.441. The monoisotopic (exact) mass is 592 g/mol. The van der Waals surface area contributed by atoms with E-state index in [1.165, 1.54) is 51.0 Å². The molecule has 3 aliphatic rings. The molecule has 1 aliphatic heterocycles. The lowest BCUT2D eigenvalue weighted by Crippen LogP contribution is -2.27. The van der Waals surface area contributed by atoms with Gasteiger partial charge in [0, 0.05) is 42.5 Å². The van der Waals surface area contributed by atoms with Gasteiger partial charge in [0.1, 0.15) is 0 Å². The molecule has 2 aromatic rings. The van der Waals surface area contributed by atoms with Crippen LogP contribution < -0.4 is 10.2 Å². The molecule has 228 valence electrons. The van der Waals surface area contributed by atoms with Crippen LogP contribution in [0.2, 0.25) is 0 Å². The lowest BCUT2D eigenvalue weighted by atomic mass is 9.70. The second kappa shape index (κ2) is 14.9. The summed E-state index contributed by atoms with van der Waals surface area (Å²) in [6.07, 6.45) is 29.9. The molecule has 2 aliphatic carbocycles. The van der Waals surface area contributed by atoms with Gasteiger partial charge in [0.25, 0.3) is 0 Å². The third-order valence-electron chi connectivity index (χ3n) is 8.57. The molecule has 0 radical (unpaired) electrons. The molecule has 2 unspecified atom stereocenters. The Balaban J connectivity index is 0.00000121. The quantitative estimate of drug-likeness (QED) is 0.254. The van der Waals surface area contributed by atoms with Crippen LogP contribution in [-0.4, -0.2) is 14.1 Å². The highest BCUT2D eigenvalue weighted by atomic mass is 31.0. The van der Waals surface area contributed by atoms with Crippen molar-refractivity contribution in [1.82, 2.24) is 5.32 Å². The minimum absolute atomic E-state index is 0. The van der Waals surface area contributed by atoms with E-state index in [4.69, 9.17) is 0 Å². The summed E-state index contributed by atoms with van der Waals surface area (Å²) in [5.41, 5.74) is 8.21. The molecule has 2 nitrogen and oxygen atoms in total. The van der Waals surface area contributed by atoms with Gasteiger partial charge in [0.15, 0.2) is 0 Å². The van der Waals surface area contributed by atoms with E-state index < -0.39 is 0 Å². The molecule has 0 fully saturated rings. The Hall–Kier alpha value is -3.35. The number of nitrogens with one attached hydrogen (secondary N) is 1. The van der Waals surface area contributed by atoms with Gasteiger partial charge in [0.05, 0.1) is 0 Å². The van der Waals surface area contributed by atoms with E-state index in [-0.39, 0.29) is 20.7 Å². The van der Waals surface area contributed by atoms with Crippen LogP contribution in [0, 0.1) is 11.3 Å². The minimum atomic E-state index is -0.0533. The van der Waals surface area contributed by atoms with E-state index >= 15 is 0 Å².